The van der Waals surface area contributed by atoms with Gasteiger partial charge in [-0.05, 0) is 41.3 Å². The molecular formula is C12H14N2O2S2. The molecule has 2 heterocycles. The molecule has 0 bridgehead atoms. The van der Waals surface area contributed by atoms with Gasteiger partial charge in [0.2, 0.25) is 0 Å². The van der Waals surface area contributed by atoms with Crippen LogP contribution in [0.5, 0.6) is 0 Å². The maximum Gasteiger partial charge on any atom is 0.324 e. The molecule has 0 fully saturated rings. The predicted molar refractivity (Wildman–Crippen MR) is 75.3 cm³/mol. The molecule has 0 aliphatic heterocycles. The summed E-state index contributed by atoms with van der Waals surface area (Å²) in [5.74, 6) is 0. The van der Waals surface area contributed by atoms with Crippen molar-refractivity contribution in [3.63, 3.8) is 0 Å². The van der Waals surface area contributed by atoms with Gasteiger partial charge in [0.05, 0.1) is 4.92 Å². The molecule has 2 aromatic heterocycles. The fourth-order valence-corrected chi connectivity index (χ4v) is 3.09. The Morgan fingerprint density at radius 2 is 2.28 bits per heavy atom. The third-order valence-corrected chi connectivity index (χ3v) is 4.26. The molecule has 0 saturated carbocycles. The van der Waals surface area contributed by atoms with E-state index in [0.717, 1.165) is 12.0 Å². The van der Waals surface area contributed by atoms with E-state index >= 15 is 0 Å². The number of nitro groups is 1. The van der Waals surface area contributed by atoms with Gasteiger partial charge in [-0.15, -0.1) is 0 Å². The van der Waals surface area contributed by atoms with Gasteiger partial charge in [-0.25, -0.2) is 0 Å². The second kappa shape index (κ2) is 6.08. The zero-order valence-electron chi connectivity index (χ0n) is 9.96. The van der Waals surface area contributed by atoms with E-state index < -0.39 is 0 Å². The van der Waals surface area contributed by atoms with Crippen molar-refractivity contribution in [2.24, 2.45) is 0 Å². The lowest BCUT2D eigenvalue weighted by Crippen LogP contribution is -2.27. The van der Waals surface area contributed by atoms with E-state index in [-0.39, 0.29) is 9.92 Å². The van der Waals surface area contributed by atoms with E-state index in [1.165, 1.54) is 16.9 Å². The minimum Gasteiger partial charge on any atom is -0.310 e. The monoisotopic (exact) mass is 282 g/mol. The first-order valence-corrected chi connectivity index (χ1v) is 7.43. The standard InChI is InChI=1S/C12H14N2O2S2/c1-9(4-10-2-3-17-7-10)13-6-11-5-12(14(15)16)18-8-11/h2-3,5,7-9,13H,4,6H2,1H3/t9-/m0/s1. The molecule has 6 heteroatoms. The first kappa shape index (κ1) is 13.2. The Morgan fingerprint density at radius 1 is 1.44 bits per heavy atom. The van der Waals surface area contributed by atoms with Crippen molar-refractivity contribution >= 4 is 27.7 Å². The number of hydrogen-bond donors (Lipinski definition) is 1. The zero-order chi connectivity index (χ0) is 13.0. The lowest BCUT2D eigenvalue weighted by atomic mass is 10.1. The minimum absolute atomic E-state index is 0.206. The average Bonchev–Trinajstić information content (AvgIpc) is 2.96. The highest BCUT2D eigenvalue weighted by Gasteiger charge is 2.10. The molecular weight excluding hydrogens is 268 g/mol. The summed E-state index contributed by atoms with van der Waals surface area (Å²) in [6, 6.07) is 4.12. The van der Waals surface area contributed by atoms with E-state index in [0.29, 0.717) is 12.6 Å². The summed E-state index contributed by atoms with van der Waals surface area (Å²) in [6.45, 7) is 2.80. The van der Waals surface area contributed by atoms with Crippen molar-refractivity contribution < 1.29 is 4.92 Å². The second-order valence-corrected chi connectivity index (χ2v) is 5.84. The summed E-state index contributed by atoms with van der Waals surface area (Å²) in [5, 5.41) is 20.2. The SMILES string of the molecule is C[C@@H](Cc1ccsc1)NCc1csc([N+](=O)[O-])c1. The molecule has 0 spiro atoms. The van der Waals surface area contributed by atoms with Crippen LogP contribution in [-0.2, 0) is 13.0 Å². The van der Waals surface area contributed by atoms with Crippen LogP contribution in [0, 0.1) is 10.1 Å². The molecule has 1 N–H and O–H groups in total. The quantitative estimate of drug-likeness (QED) is 0.652. The first-order valence-electron chi connectivity index (χ1n) is 5.61. The first-order chi connectivity index (χ1) is 8.65. The van der Waals surface area contributed by atoms with E-state index in [9.17, 15) is 10.1 Å². The summed E-state index contributed by atoms with van der Waals surface area (Å²) in [6.07, 6.45) is 0.982. The van der Waals surface area contributed by atoms with Gasteiger partial charge in [-0.1, -0.05) is 11.3 Å². The van der Waals surface area contributed by atoms with Crippen molar-refractivity contribution in [2.45, 2.75) is 25.9 Å². The summed E-state index contributed by atoms with van der Waals surface area (Å²) in [4.78, 5) is 10.2. The van der Waals surface area contributed by atoms with Crippen LogP contribution in [0.4, 0.5) is 5.00 Å². The number of hydrogen-bond acceptors (Lipinski definition) is 5. The highest BCUT2D eigenvalue weighted by Crippen LogP contribution is 2.22. The maximum absolute atomic E-state index is 10.6. The van der Waals surface area contributed by atoms with Crippen LogP contribution in [0.1, 0.15) is 18.1 Å². The van der Waals surface area contributed by atoms with Crippen LogP contribution < -0.4 is 5.32 Å². The van der Waals surface area contributed by atoms with Crippen LogP contribution in [0.2, 0.25) is 0 Å². The van der Waals surface area contributed by atoms with E-state index in [1.807, 2.05) is 5.38 Å². The van der Waals surface area contributed by atoms with Gasteiger partial charge in [-0.3, -0.25) is 10.1 Å². The van der Waals surface area contributed by atoms with Gasteiger partial charge in [0.25, 0.3) is 0 Å². The lowest BCUT2D eigenvalue weighted by molar-refractivity contribution is -0.380. The predicted octanol–water partition coefficient (Wildman–Crippen LogP) is 3.44. The van der Waals surface area contributed by atoms with Gasteiger partial charge in [-0.2, -0.15) is 11.3 Å². The second-order valence-electron chi connectivity index (χ2n) is 4.17. The van der Waals surface area contributed by atoms with Gasteiger partial charge in [0.1, 0.15) is 0 Å². The number of nitrogens with zero attached hydrogens (tertiary/aromatic N) is 1. The van der Waals surface area contributed by atoms with E-state index in [2.05, 4.69) is 29.1 Å². The van der Waals surface area contributed by atoms with E-state index in [4.69, 9.17) is 0 Å². The lowest BCUT2D eigenvalue weighted by Gasteiger charge is -2.11. The molecule has 0 aliphatic rings. The Hall–Kier alpha value is -1.24. The summed E-state index contributed by atoms with van der Waals surface area (Å²) < 4.78 is 0. The fourth-order valence-electron chi connectivity index (χ4n) is 1.68. The van der Waals surface area contributed by atoms with Gasteiger partial charge >= 0.3 is 5.00 Å². The van der Waals surface area contributed by atoms with Crippen LogP contribution in [-0.4, -0.2) is 11.0 Å². The Kier molecular flexibility index (Phi) is 4.46. The van der Waals surface area contributed by atoms with Crippen LogP contribution in [0.15, 0.2) is 28.3 Å². The van der Waals surface area contributed by atoms with Crippen molar-refractivity contribution in [1.82, 2.24) is 5.32 Å². The number of thiophene rings is 2. The third-order valence-electron chi connectivity index (χ3n) is 2.60. The molecule has 96 valence electrons. The molecule has 0 aliphatic carbocycles. The number of rotatable bonds is 6. The minimum atomic E-state index is -0.344. The normalized spacial score (nSPS) is 12.5. The average molecular weight is 282 g/mol. The molecule has 18 heavy (non-hydrogen) atoms. The highest BCUT2D eigenvalue weighted by molar-refractivity contribution is 7.13. The zero-order valence-corrected chi connectivity index (χ0v) is 11.6. The van der Waals surface area contributed by atoms with Crippen molar-refractivity contribution in [3.05, 3.63) is 49.5 Å². The van der Waals surface area contributed by atoms with Crippen LogP contribution in [0.25, 0.3) is 0 Å². The number of nitrogens with one attached hydrogen (secondary N) is 1. The molecule has 0 radical (unpaired) electrons. The van der Waals surface area contributed by atoms with Crippen molar-refractivity contribution in [1.29, 1.82) is 0 Å². The third kappa shape index (κ3) is 3.63. The topological polar surface area (TPSA) is 55.2 Å². The van der Waals surface area contributed by atoms with Gasteiger partial charge in [0, 0.05) is 24.0 Å². The maximum atomic E-state index is 10.6. The molecule has 2 aromatic rings. The highest BCUT2D eigenvalue weighted by atomic mass is 32.1. The fraction of sp³-hybridized carbons (Fsp3) is 0.333. The Labute approximate surface area is 113 Å². The van der Waals surface area contributed by atoms with E-state index in [1.54, 1.807) is 17.4 Å². The van der Waals surface area contributed by atoms with Gasteiger partial charge in [0.15, 0.2) is 0 Å². The van der Waals surface area contributed by atoms with Gasteiger partial charge < -0.3 is 5.32 Å². The Morgan fingerprint density at radius 3 is 2.89 bits per heavy atom. The van der Waals surface area contributed by atoms with Crippen LogP contribution in [0.3, 0.4) is 0 Å². The smallest absolute Gasteiger partial charge is 0.310 e. The van der Waals surface area contributed by atoms with Crippen molar-refractivity contribution in [3.8, 4) is 0 Å². The summed E-state index contributed by atoms with van der Waals surface area (Å²) in [5.41, 5.74) is 2.31. The van der Waals surface area contributed by atoms with Crippen LogP contribution >= 0.6 is 22.7 Å². The summed E-state index contributed by atoms with van der Waals surface area (Å²) in [7, 11) is 0. The Balaban J connectivity index is 1.81. The molecule has 0 amide bonds. The Bertz CT molecular complexity index is 508. The molecule has 2 rings (SSSR count). The molecule has 0 saturated heterocycles. The summed E-state index contributed by atoms with van der Waals surface area (Å²) >= 11 is 2.88. The molecule has 1 atom stereocenters. The largest absolute Gasteiger partial charge is 0.324 e. The molecule has 0 unspecified atom stereocenters. The van der Waals surface area contributed by atoms with Crippen molar-refractivity contribution in [2.75, 3.05) is 0 Å². The molecule has 0 aromatic carbocycles. The molecule has 4 nitrogen and oxygen atoms in total.